The fourth-order valence-electron chi connectivity index (χ4n) is 8.02. The van der Waals surface area contributed by atoms with Crippen molar-refractivity contribution in [3.8, 4) is 0 Å². The van der Waals surface area contributed by atoms with E-state index in [-0.39, 0.29) is 29.2 Å². The number of hydrogen-bond donors (Lipinski definition) is 26. The van der Waals surface area contributed by atoms with E-state index in [4.69, 9.17) is 21.1 Å². The number of carbonyl (C=O) groups excluding carboxylic acids is 8. The number of fused-ring (bicyclic) bond motifs is 1. The van der Waals surface area contributed by atoms with Gasteiger partial charge in [0.25, 0.3) is 11.5 Å². The lowest BCUT2D eigenvalue weighted by Gasteiger charge is -2.26. The van der Waals surface area contributed by atoms with Crippen LogP contribution >= 0.6 is 12.6 Å². The fourth-order valence-corrected chi connectivity index (χ4v) is 8.26. The van der Waals surface area contributed by atoms with Crippen LogP contribution < -0.4 is 59.1 Å². The van der Waals surface area contributed by atoms with Crippen LogP contribution in [0.5, 0.6) is 0 Å². The normalized spacial score (nSPS) is 15.6. The molecule has 0 aliphatic carbocycles. The van der Waals surface area contributed by atoms with Gasteiger partial charge in [0, 0.05) is 62.3 Å². The van der Waals surface area contributed by atoms with Gasteiger partial charge < -0.3 is 125 Å². The number of nitrogens with zero attached hydrogens (tertiary/aromatic N) is 3. The Labute approximate surface area is 538 Å². The Morgan fingerprint density at radius 3 is 1.25 bits per heavy atom. The van der Waals surface area contributed by atoms with Crippen LogP contribution in [0.15, 0.2) is 35.3 Å². The molecule has 0 aliphatic heterocycles. The molecule has 0 saturated heterocycles. The Hall–Kier alpha value is -9.86. The van der Waals surface area contributed by atoms with Gasteiger partial charge in [-0.05, 0) is 49.9 Å². The van der Waals surface area contributed by atoms with Crippen molar-refractivity contribution in [3.63, 3.8) is 0 Å². The monoisotopic (exact) mass is 1370 g/mol. The van der Waals surface area contributed by atoms with E-state index in [0.29, 0.717) is 11.4 Å². The van der Waals surface area contributed by atoms with Gasteiger partial charge in [0.15, 0.2) is 29.5 Å². The number of aliphatic hydroxyl groups excluding tert-OH is 9. The molecule has 42 nitrogen and oxygen atoms in total. The van der Waals surface area contributed by atoms with Crippen molar-refractivity contribution in [3.05, 3.63) is 52.1 Å². The van der Waals surface area contributed by atoms with Gasteiger partial charge in [0.2, 0.25) is 47.3 Å². The molecule has 0 spiro atoms. The molecule has 95 heavy (non-hydrogen) atoms. The predicted octanol–water partition coefficient (Wildman–Crippen LogP) is -11.0. The first-order valence-corrected chi connectivity index (χ1v) is 28.7. The molecule has 0 unspecified atom stereocenters. The number of amides is 8. The summed E-state index contributed by atoms with van der Waals surface area (Å²) in [5.74, 6) is -19.7. The summed E-state index contributed by atoms with van der Waals surface area (Å²) in [7, 11) is 0. The summed E-state index contributed by atoms with van der Waals surface area (Å²) in [6.45, 7) is -2.78. The molecule has 524 valence electrons. The van der Waals surface area contributed by atoms with Gasteiger partial charge in [-0.2, -0.15) is 17.6 Å². The first-order valence-electron chi connectivity index (χ1n) is 28.1. The molecular weight excluding hydrogens is 1300 g/mol. The van der Waals surface area contributed by atoms with E-state index in [1.54, 1.807) is 0 Å². The van der Waals surface area contributed by atoms with Crippen molar-refractivity contribution in [2.24, 2.45) is 0 Å². The topological polar surface area (TPSA) is 711 Å². The van der Waals surface area contributed by atoms with Crippen LogP contribution in [0, 0.1) is 0 Å². The first-order chi connectivity index (χ1) is 44.5. The van der Waals surface area contributed by atoms with E-state index < -0.39 is 245 Å². The molecule has 0 bridgehead atoms. The molecule has 26 N–H and O–H groups in total. The number of aliphatic hydroxyl groups is 9. The molecule has 0 fully saturated rings. The number of nitrogen functional groups attached to an aromatic ring is 1. The molecule has 3 rings (SSSR count). The maximum atomic E-state index is 14.4. The second-order valence-corrected chi connectivity index (χ2v) is 21.1. The lowest BCUT2D eigenvalue weighted by Crippen LogP contribution is -2.58. The minimum absolute atomic E-state index is 0.00362. The molecule has 1 aromatic carbocycles. The summed E-state index contributed by atoms with van der Waals surface area (Å²) in [6.07, 6.45) is -26.3. The fraction of sp³-hybridized carbons (Fsp3) is 0.519. The quantitative estimate of drug-likeness (QED) is 0.0234. The van der Waals surface area contributed by atoms with E-state index in [1.807, 2.05) is 5.32 Å². The SMILES string of the molecule is Nc1nc2ncc(CNc3ccc(C(=O)N[C@@H](CCC(=O)N[C@@H](CCC(=O)NC[C@H](O)[C@@H](O)[C@H](O)C(=O)O)C(=O)N[C@@H](CCC(=O)NC[C@H](O)[C@@H](O)[C@H](O)C(=O)O)C(=O)N[C@@H](CCC(=O)NC[C@H](O)[C@@H](O)[C@H](O)C(=O)O)C(=O)N[C@@H](CS)C(=O)O)C(=O)O)cc3)nc2c(=O)[nH]1. The molecular formula is C52H72N14O28S. The Bertz CT molecular complexity index is 3290. The zero-order valence-electron chi connectivity index (χ0n) is 49.5. The van der Waals surface area contributed by atoms with Crippen LogP contribution in [0.25, 0.3) is 11.2 Å². The van der Waals surface area contributed by atoms with Crippen LogP contribution in [0.3, 0.4) is 0 Å². The Morgan fingerprint density at radius 1 is 0.484 bits per heavy atom. The zero-order valence-corrected chi connectivity index (χ0v) is 50.4. The van der Waals surface area contributed by atoms with E-state index in [0.717, 1.165) is 0 Å². The molecule has 0 radical (unpaired) electrons. The standard InChI is InChI=1S/C52H72N14O28S/c53-52-65-41-34(46(84)66-52)59-21(14-58-41)13-54-20-3-1-19(2-4-20)42(80)63-25(47(85)86)8-12-33(73)60-22(5-9-30(70)55-15-27(67)35(74)38(77)49(89)90)43(81)61-23(6-10-31(71)56-16-28(68)36(75)39(78)50(91)92)44(82)62-24(45(83)64-26(18-95)48(87)88)7-11-32(72)57-17-29(69)37(76)40(79)51(93)94/h1-4,14,22-29,35-40,54,67-69,74-79,95H,5-13,15-18H2,(H,55,70)(H,56,71)(H,57,72)(H,60,73)(H,61,81)(H,62,82)(H,63,80)(H,64,83)(H,85,86)(H,87,88)(H,89,90)(H,91,92)(H,93,94)(H3,53,58,65,66,84)/t22-,23-,24-,25-,26-,27-,28-,29-,35+,36+,37+,38-,39-,40-/m0/s1. The highest BCUT2D eigenvalue weighted by Gasteiger charge is 2.36. The number of aromatic nitrogens is 4. The lowest BCUT2D eigenvalue weighted by molar-refractivity contribution is -0.158. The summed E-state index contributed by atoms with van der Waals surface area (Å²) < 4.78 is 0. The Balaban J connectivity index is 1.94. The molecule has 0 aliphatic rings. The number of hydrogen-bond acceptors (Lipinski definition) is 29. The molecule has 0 saturated carbocycles. The molecule has 3 aromatic rings. The number of benzene rings is 1. The number of thiol groups is 1. The van der Waals surface area contributed by atoms with Crippen molar-refractivity contribution >= 4 is 113 Å². The van der Waals surface area contributed by atoms with Crippen LogP contribution in [0.1, 0.15) is 67.4 Å². The van der Waals surface area contributed by atoms with Crippen LogP contribution in [-0.2, 0) is 64.1 Å². The molecule has 2 heterocycles. The highest BCUT2D eigenvalue weighted by molar-refractivity contribution is 7.80. The molecule has 2 aromatic heterocycles. The first kappa shape index (κ1) is 79.4. The highest BCUT2D eigenvalue weighted by atomic mass is 32.1. The molecule has 8 amide bonds. The molecule has 14 atom stereocenters. The average Bonchev–Trinajstić information content (AvgIpc) is 0.826. The summed E-state index contributed by atoms with van der Waals surface area (Å²) in [5, 5.41) is 156. The number of rotatable bonds is 42. The van der Waals surface area contributed by atoms with E-state index in [2.05, 4.69) is 75.1 Å². The van der Waals surface area contributed by atoms with Crippen LogP contribution in [0.4, 0.5) is 11.6 Å². The lowest BCUT2D eigenvalue weighted by atomic mass is 10.0. The summed E-state index contributed by atoms with van der Waals surface area (Å²) in [6, 6.07) is -4.33. The van der Waals surface area contributed by atoms with Gasteiger partial charge >= 0.3 is 29.8 Å². The number of aromatic amines is 1. The molecule has 43 heteroatoms. The second-order valence-electron chi connectivity index (χ2n) is 20.7. The largest absolute Gasteiger partial charge is 0.480 e. The minimum Gasteiger partial charge on any atom is -0.480 e. The predicted molar refractivity (Wildman–Crippen MR) is 317 cm³/mol. The second kappa shape index (κ2) is 38.4. The zero-order chi connectivity index (χ0) is 71.6. The van der Waals surface area contributed by atoms with Gasteiger partial charge in [-0.3, -0.25) is 48.1 Å². The summed E-state index contributed by atoms with van der Waals surface area (Å²) in [4.78, 5) is 193. The minimum atomic E-state index is -2.55. The van der Waals surface area contributed by atoms with Crippen molar-refractivity contribution in [1.82, 2.24) is 62.5 Å². The summed E-state index contributed by atoms with van der Waals surface area (Å²) in [5.41, 5.74) is 5.44. The van der Waals surface area contributed by atoms with Gasteiger partial charge in [0.05, 0.1) is 18.4 Å². The third-order valence-corrected chi connectivity index (χ3v) is 13.9. The van der Waals surface area contributed by atoms with Crippen molar-refractivity contribution in [2.75, 3.05) is 36.4 Å². The van der Waals surface area contributed by atoms with Crippen molar-refractivity contribution in [1.29, 1.82) is 0 Å². The van der Waals surface area contributed by atoms with E-state index in [9.17, 15) is 123 Å². The van der Waals surface area contributed by atoms with Gasteiger partial charge in [-0.25, -0.2) is 33.9 Å². The number of H-pyrrole nitrogens is 1. The Morgan fingerprint density at radius 2 is 0.863 bits per heavy atom. The number of carboxylic acid groups (broad SMARTS) is 5. The number of anilines is 2. The maximum absolute atomic E-state index is 14.4. The number of nitrogens with two attached hydrogens (primary N) is 1. The smallest absolute Gasteiger partial charge is 0.335 e. The van der Waals surface area contributed by atoms with Gasteiger partial charge in [0.1, 0.15) is 66.8 Å². The van der Waals surface area contributed by atoms with Crippen LogP contribution in [0.2, 0.25) is 0 Å². The average molecular weight is 1370 g/mol. The highest BCUT2D eigenvalue weighted by Crippen LogP contribution is 2.14. The van der Waals surface area contributed by atoms with Gasteiger partial charge in [-0.15, -0.1) is 0 Å². The third-order valence-electron chi connectivity index (χ3n) is 13.5. The number of carbonyl (C=O) groups is 13. The third kappa shape index (κ3) is 26.2. The maximum Gasteiger partial charge on any atom is 0.335 e. The number of nitrogens with one attached hydrogen (secondary N) is 10. The van der Waals surface area contributed by atoms with Gasteiger partial charge in [-0.1, -0.05) is 0 Å². The van der Waals surface area contributed by atoms with Crippen molar-refractivity contribution in [2.45, 2.75) is 143 Å². The number of aliphatic carboxylic acids is 5. The van der Waals surface area contributed by atoms with Crippen molar-refractivity contribution < 1.29 is 134 Å². The Kier molecular flexibility index (Phi) is 32.0. The number of carboxylic acids is 5. The van der Waals surface area contributed by atoms with E-state index >= 15 is 0 Å². The van der Waals surface area contributed by atoms with Crippen LogP contribution in [-0.4, -0.2) is 279 Å². The van der Waals surface area contributed by atoms with E-state index in [1.165, 1.54) is 30.5 Å². The summed E-state index contributed by atoms with van der Waals surface area (Å²) >= 11 is 3.86.